The molecular formula is C14H19Cl2N3O. The van der Waals surface area contributed by atoms with Crippen LogP contribution in [0.15, 0.2) is 40.9 Å². The van der Waals surface area contributed by atoms with Gasteiger partial charge in [-0.05, 0) is 6.42 Å². The summed E-state index contributed by atoms with van der Waals surface area (Å²) in [4.78, 5) is 6.61. The number of halogens is 2. The smallest absolute Gasteiger partial charge is 0.209 e. The molecule has 0 amide bonds. The second-order valence-corrected chi connectivity index (χ2v) is 4.77. The molecule has 1 aliphatic heterocycles. The topological polar surface area (TPSA) is 55.3 Å². The molecule has 2 N–H and O–H groups in total. The van der Waals surface area contributed by atoms with Crippen molar-refractivity contribution in [1.29, 1.82) is 0 Å². The summed E-state index contributed by atoms with van der Waals surface area (Å²) in [7, 11) is 0. The lowest BCUT2D eigenvalue weighted by atomic mass is 10.2. The van der Waals surface area contributed by atoms with Gasteiger partial charge in [0.05, 0.1) is 12.7 Å². The molecule has 2 heterocycles. The molecule has 4 nitrogen and oxygen atoms in total. The maximum absolute atomic E-state index is 5.88. The van der Waals surface area contributed by atoms with Crippen molar-refractivity contribution < 1.29 is 4.42 Å². The van der Waals surface area contributed by atoms with E-state index in [1.165, 1.54) is 0 Å². The maximum atomic E-state index is 5.88. The number of hydrogen-bond acceptors (Lipinski definition) is 4. The molecule has 20 heavy (non-hydrogen) atoms. The zero-order chi connectivity index (χ0) is 12.4. The summed E-state index contributed by atoms with van der Waals surface area (Å²) in [5.41, 5.74) is 6.95. The van der Waals surface area contributed by atoms with E-state index < -0.39 is 0 Å². The highest BCUT2D eigenvalue weighted by Crippen LogP contribution is 2.21. The first kappa shape index (κ1) is 17.0. The van der Waals surface area contributed by atoms with E-state index in [1.807, 2.05) is 30.3 Å². The molecule has 3 rings (SSSR count). The second kappa shape index (κ2) is 7.64. The lowest BCUT2D eigenvalue weighted by molar-refractivity contribution is 0.289. The van der Waals surface area contributed by atoms with Crippen molar-refractivity contribution in [1.82, 2.24) is 9.88 Å². The van der Waals surface area contributed by atoms with E-state index >= 15 is 0 Å². The third-order valence-corrected chi connectivity index (χ3v) is 3.28. The van der Waals surface area contributed by atoms with Crippen molar-refractivity contribution in [3.05, 3.63) is 42.4 Å². The number of hydrogen-bond donors (Lipinski definition) is 1. The number of rotatable bonds is 3. The largest absolute Gasteiger partial charge is 0.439 e. The highest BCUT2D eigenvalue weighted by atomic mass is 35.5. The average molecular weight is 316 g/mol. The van der Waals surface area contributed by atoms with E-state index in [0.717, 1.165) is 43.3 Å². The first-order valence-electron chi connectivity index (χ1n) is 6.29. The van der Waals surface area contributed by atoms with Crippen LogP contribution in [0.5, 0.6) is 0 Å². The molecule has 1 aromatic heterocycles. The van der Waals surface area contributed by atoms with Gasteiger partial charge in [0.15, 0.2) is 5.76 Å². The van der Waals surface area contributed by atoms with Crippen LogP contribution in [0.3, 0.4) is 0 Å². The van der Waals surface area contributed by atoms with Crippen molar-refractivity contribution in [2.75, 3.05) is 13.1 Å². The molecule has 0 saturated carbocycles. The SMILES string of the molecule is Cl.Cl.N[C@H]1CCN(Cc2ncc(-c3ccccc3)o2)C1. The van der Waals surface area contributed by atoms with Crippen LogP contribution in [0.1, 0.15) is 12.3 Å². The van der Waals surface area contributed by atoms with Crippen molar-refractivity contribution >= 4 is 24.8 Å². The molecule has 1 aromatic carbocycles. The Labute approximate surface area is 131 Å². The van der Waals surface area contributed by atoms with Crippen LogP contribution in [0, 0.1) is 0 Å². The van der Waals surface area contributed by atoms with Crippen LogP contribution < -0.4 is 5.73 Å². The first-order valence-corrected chi connectivity index (χ1v) is 6.29. The zero-order valence-corrected chi connectivity index (χ0v) is 12.7. The van der Waals surface area contributed by atoms with E-state index in [2.05, 4.69) is 9.88 Å². The molecule has 1 aliphatic rings. The van der Waals surface area contributed by atoms with Crippen molar-refractivity contribution in [3.8, 4) is 11.3 Å². The summed E-state index contributed by atoms with van der Waals surface area (Å²) in [5.74, 6) is 1.59. The average Bonchev–Trinajstić information content (AvgIpc) is 3.01. The van der Waals surface area contributed by atoms with E-state index in [1.54, 1.807) is 6.20 Å². The van der Waals surface area contributed by atoms with Gasteiger partial charge in [-0.15, -0.1) is 24.8 Å². The lowest BCUT2D eigenvalue weighted by Gasteiger charge is -2.11. The minimum atomic E-state index is 0. The molecule has 1 saturated heterocycles. The normalized spacial score (nSPS) is 18.4. The van der Waals surface area contributed by atoms with Crippen LogP contribution >= 0.6 is 24.8 Å². The van der Waals surface area contributed by atoms with Crippen LogP contribution in [-0.4, -0.2) is 29.0 Å². The molecule has 0 bridgehead atoms. The Morgan fingerprint density at radius 2 is 2.00 bits per heavy atom. The van der Waals surface area contributed by atoms with Crippen molar-refractivity contribution in [3.63, 3.8) is 0 Å². The number of likely N-dealkylation sites (tertiary alicyclic amines) is 1. The molecule has 6 heteroatoms. The Balaban J connectivity index is 0.000001000. The Morgan fingerprint density at radius 1 is 1.25 bits per heavy atom. The molecular weight excluding hydrogens is 297 g/mol. The van der Waals surface area contributed by atoms with Gasteiger partial charge >= 0.3 is 0 Å². The Bertz CT molecular complexity index is 518. The van der Waals surface area contributed by atoms with Crippen LogP contribution in [0.2, 0.25) is 0 Å². The molecule has 0 aliphatic carbocycles. The molecule has 1 fully saturated rings. The van der Waals surface area contributed by atoms with Gasteiger partial charge in [0.25, 0.3) is 0 Å². The van der Waals surface area contributed by atoms with Crippen LogP contribution in [0.25, 0.3) is 11.3 Å². The van der Waals surface area contributed by atoms with Gasteiger partial charge in [0.2, 0.25) is 5.89 Å². The van der Waals surface area contributed by atoms with Gasteiger partial charge < -0.3 is 10.2 Å². The lowest BCUT2D eigenvalue weighted by Crippen LogP contribution is -2.26. The molecule has 110 valence electrons. The summed E-state index contributed by atoms with van der Waals surface area (Å²) in [6.45, 7) is 2.72. The summed E-state index contributed by atoms with van der Waals surface area (Å²) in [6, 6.07) is 10.3. The third kappa shape index (κ3) is 3.96. The number of benzene rings is 1. The summed E-state index contributed by atoms with van der Waals surface area (Å²) in [5, 5.41) is 0. The monoisotopic (exact) mass is 315 g/mol. The predicted octanol–water partition coefficient (Wildman–Crippen LogP) is 2.72. The third-order valence-electron chi connectivity index (χ3n) is 3.28. The molecule has 1 atom stereocenters. The zero-order valence-electron chi connectivity index (χ0n) is 11.1. The van der Waals surface area contributed by atoms with E-state index in [-0.39, 0.29) is 24.8 Å². The fraction of sp³-hybridized carbons (Fsp3) is 0.357. The van der Waals surface area contributed by atoms with Crippen molar-refractivity contribution in [2.45, 2.75) is 19.0 Å². The molecule has 0 spiro atoms. The van der Waals surface area contributed by atoms with E-state index in [9.17, 15) is 0 Å². The van der Waals surface area contributed by atoms with E-state index in [4.69, 9.17) is 10.2 Å². The van der Waals surface area contributed by atoms with Gasteiger partial charge in [-0.25, -0.2) is 4.98 Å². The first-order chi connectivity index (χ1) is 8.81. The van der Waals surface area contributed by atoms with Gasteiger partial charge in [-0.1, -0.05) is 30.3 Å². The molecule has 0 unspecified atom stereocenters. The Morgan fingerprint density at radius 3 is 2.65 bits per heavy atom. The number of oxazole rings is 1. The predicted molar refractivity (Wildman–Crippen MR) is 84.3 cm³/mol. The molecule has 0 radical (unpaired) electrons. The minimum absolute atomic E-state index is 0. The minimum Gasteiger partial charge on any atom is -0.439 e. The number of nitrogens with zero attached hydrogens (tertiary/aromatic N) is 2. The quantitative estimate of drug-likeness (QED) is 0.946. The number of aromatic nitrogens is 1. The fourth-order valence-corrected chi connectivity index (χ4v) is 2.32. The second-order valence-electron chi connectivity index (χ2n) is 4.77. The summed E-state index contributed by atoms with van der Waals surface area (Å²) >= 11 is 0. The molecule has 2 aromatic rings. The fourth-order valence-electron chi connectivity index (χ4n) is 2.32. The Kier molecular flexibility index (Phi) is 6.49. The van der Waals surface area contributed by atoms with Gasteiger partial charge in [0.1, 0.15) is 0 Å². The Hall–Kier alpha value is -1.07. The van der Waals surface area contributed by atoms with Gasteiger partial charge in [0, 0.05) is 24.7 Å². The van der Waals surface area contributed by atoms with Crippen LogP contribution in [0.4, 0.5) is 0 Å². The highest BCUT2D eigenvalue weighted by molar-refractivity contribution is 5.85. The van der Waals surface area contributed by atoms with Gasteiger partial charge in [-0.3, -0.25) is 4.90 Å². The standard InChI is InChI=1S/C14H17N3O.2ClH/c15-12-6-7-17(9-12)10-14-16-8-13(18-14)11-4-2-1-3-5-11;;/h1-5,8,12H,6-7,9-10,15H2;2*1H/t12-;;/m0../s1. The number of nitrogens with two attached hydrogens (primary N) is 1. The van der Waals surface area contributed by atoms with Gasteiger partial charge in [-0.2, -0.15) is 0 Å². The maximum Gasteiger partial charge on any atom is 0.209 e. The van der Waals surface area contributed by atoms with Crippen LogP contribution in [-0.2, 0) is 6.54 Å². The highest BCUT2D eigenvalue weighted by Gasteiger charge is 2.20. The summed E-state index contributed by atoms with van der Waals surface area (Å²) in [6.07, 6.45) is 2.85. The van der Waals surface area contributed by atoms with E-state index in [0.29, 0.717) is 6.04 Å². The summed E-state index contributed by atoms with van der Waals surface area (Å²) < 4.78 is 5.77. The van der Waals surface area contributed by atoms with Crippen molar-refractivity contribution in [2.24, 2.45) is 5.73 Å².